The van der Waals surface area contributed by atoms with Crippen molar-refractivity contribution in [3.05, 3.63) is 81.2 Å². The largest absolute Gasteiger partial charge is 0.493 e. The first-order valence-corrected chi connectivity index (χ1v) is 10.1. The van der Waals surface area contributed by atoms with Gasteiger partial charge in [-0.2, -0.15) is 10.2 Å². The monoisotopic (exact) mass is 465 g/mol. The minimum absolute atomic E-state index is 0.133. The summed E-state index contributed by atoms with van der Waals surface area (Å²) in [7, 11) is 1.41. The summed E-state index contributed by atoms with van der Waals surface area (Å²) in [5.41, 5.74) is 3.86. The fraction of sp³-hybridized carbons (Fsp3) is 0.217. The molecule has 1 aromatic heterocycles. The Morgan fingerprint density at radius 2 is 1.82 bits per heavy atom. The molecule has 176 valence electrons. The zero-order valence-electron chi connectivity index (χ0n) is 19.0. The van der Waals surface area contributed by atoms with Crippen molar-refractivity contribution in [2.45, 2.75) is 26.2 Å². The molecule has 0 radical (unpaired) electrons. The molecule has 0 fully saturated rings. The fourth-order valence-electron chi connectivity index (χ4n) is 2.77. The number of carbonyl (C=O) groups is 2. The number of aromatic amines is 1. The number of methoxy groups -OCH3 is 1. The van der Waals surface area contributed by atoms with E-state index in [2.05, 4.69) is 20.7 Å². The number of ether oxygens (including phenoxy) is 2. The van der Waals surface area contributed by atoms with Gasteiger partial charge in [0.2, 0.25) is 0 Å². The van der Waals surface area contributed by atoms with E-state index in [4.69, 9.17) is 9.47 Å². The molecule has 11 heteroatoms. The lowest BCUT2D eigenvalue weighted by molar-refractivity contribution is -0.384. The summed E-state index contributed by atoms with van der Waals surface area (Å²) in [5, 5.41) is 21.5. The van der Waals surface area contributed by atoms with Gasteiger partial charge in [-0.25, -0.2) is 10.2 Å². The van der Waals surface area contributed by atoms with Crippen LogP contribution in [0.4, 0.5) is 5.69 Å². The SMILES string of the molecule is COc1cc(/C=N\NC(=O)c2cc(C(C)(C)C)[nH]n2)ccc1OC(=O)c1ccc([N+](=O)[O-])cc1. The van der Waals surface area contributed by atoms with Crippen LogP contribution >= 0.6 is 0 Å². The number of H-pyrrole nitrogens is 1. The molecule has 0 aliphatic rings. The van der Waals surface area contributed by atoms with Crippen LogP contribution in [-0.2, 0) is 5.41 Å². The first-order chi connectivity index (χ1) is 16.1. The van der Waals surface area contributed by atoms with Crippen molar-refractivity contribution in [3.63, 3.8) is 0 Å². The van der Waals surface area contributed by atoms with Crippen LogP contribution in [0.5, 0.6) is 11.5 Å². The molecule has 1 heterocycles. The van der Waals surface area contributed by atoms with Crippen molar-refractivity contribution in [3.8, 4) is 11.5 Å². The van der Waals surface area contributed by atoms with Gasteiger partial charge in [0, 0.05) is 23.2 Å². The van der Waals surface area contributed by atoms with E-state index in [0.717, 1.165) is 5.69 Å². The second-order valence-corrected chi connectivity index (χ2v) is 8.22. The number of benzene rings is 2. The van der Waals surface area contributed by atoms with Crippen LogP contribution in [0.25, 0.3) is 0 Å². The van der Waals surface area contributed by atoms with Gasteiger partial charge >= 0.3 is 5.97 Å². The molecule has 0 saturated heterocycles. The Kier molecular flexibility index (Phi) is 7.05. The lowest BCUT2D eigenvalue weighted by Crippen LogP contribution is -2.18. The number of non-ortho nitro benzene ring substituents is 1. The molecule has 0 spiro atoms. The molecule has 3 aromatic rings. The number of aromatic nitrogens is 2. The Balaban J connectivity index is 1.65. The Morgan fingerprint density at radius 1 is 1.12 bits per heavy atom. The quantitative estimate of drug-likeness (QED) is 0.178. The lowest BCUT2D eigenvalue weighted by Gasteiger charge is -2.14. The maximum atomic E-state index is 12.4. The molecule has 0 saturated carbocycles. The van der Waals surface area contributed by atoms with Crippen LogP contribution in [0, 0.1) is 10.1 Å². The smallest absolute Gasteiger partial charge is 0.343 e. The van der Waals surface area contributed by atoms with Gasteiger partial charge in [0.1, 0.15) is 0 Å². The highest BCUT2D eigenvalue weighted by Crippen LogP contribution is 2.28. The van der Waals surface area contributed by atoms with Crippen molar-refractivity contribution < 1.29 is 24.0 Å². The zero-order valence-corrected chi connectivity index (χ0v) is 19.0. The van der Waals surface area contributed by atoms with Gasteiger partial charge < -0.3 is 9.47 Å². The molecule has 3 rings (SSSR count). The number of hydrogen-bond donors (Lipinski definition) is 2. The first kappa shape index (κ1) is 24.1. The third-order valence-electron chi connectivity index (χ3n) is 4.70. The Bertz CT molecular complexity index is 1240. The third-order valence-corrected chi connectivity index (χ3v) is 4.70. The number of hydrogen-bond acceptors (Lipinski definition) is 8. The molecule has 0 unspecified atom stereocenters. The number of nitrogens with one attached hydrogen (secondary N) is 2. The number of nitrogens with zero attached hydrogens (tertiary/aromatic N) is 3. The Labute approximate surface area is 194 Å². The molecule has 2 N–H and O–H groups in total. The summed E-state index contributed by atoms with van der Waals surface area (Å²) >= 11 is 0. The first-order valence-electron chi connectivity index (χ1n) is 10.1. The van der Waals surface area contributed by atoms with E-state index < -0.39 is 16.8 Å². The predicted molar refractivity (Wildman–Crippen MR) is 123 cm³/mol. The average molecular weight is 465 g/mol. The van der Waals surface area contributed by atoms with Gasteiger partial charge in [-0.15, -0.1) is 0 Å². The van der Waals surface area contributed by atoms with Crippen LogP contribution in [0.1, 0.15) is 52.9 Å². The van der Waals surface area contributed by atoms with Crippen LogP contribution in [0.2, 0.25) is 0 Å². The molecular formula is C23H23N5O6. The van der Waals surface area contributed by atoms with Crippen molar-refractivity contribution in [1.82, 2.24) is 15.6 Å². The predicted octanol–water partition coefficient (Wildman–Crippen LogP) is 3.61. The van der Waals surface area contributed by atoms with Crippen LogP contribution in [0.15, 0.2) is 53.6 Å². The van der Waals surface area contributed by atoms with E-state index in [0.29, 0.717) is 5.56 Å². The highest BCUT2D eigenvalue weighted by Gasteiger charge is 2.19. The standard InChI is InChI=1S/C23H23N5O6/c1-23(2,3)20-12-17(25-26-20)21(29)27-24-13-14-5-10-18(19(11-14)33-4)34-22(30)15-6-8-16(9-7-15)28(31)32/h5-13H,1-4H3,(H,25,26)(H,27,29)/b24-13-. The van der Waals surface area contributed by atoms with E-state index in [1.165, 1.54) is 43.7 Å². The van der Waals surface area contributed by atoms with Gasteiger partial charge in [-0.1, -0.05) is 20.8 Å². The van der Waals surface area contributed by atoms with Crippen molar-refractivity contribution in [2.24, 2.45) is 5.10 Å². The molecule has 34 heavy (non-hydrogen) atoms. The van der Waals surface area contributed by atoms with Gasteiger partial charge in [0.05, 0.1) is 23.8 Å². The minimum Gasteiger partial charge on any atom is -0.493 e. The highest BCUT2D eigenvalue weighted by molar-refractivity contribution is 5.93. The average Bonchev–Trinajstić information content (AvgIpc) is 3.31. The molecular weight excluding hydrogens is 442 g/mol. The number of amides is 1. The molecule has 11 nitrogen and oxygen atoms in total. The molecule has 2 aromatic carbocycles. The van der Waals surface area contributed by atoms with Crippen LogP contribution < -0.4 is 14.9 Å². The summed E-state index contributed by atoms with van der Waals surface area (Å²) in [6, 6.07) is 11.4. The van der Waals surface area contributed by atoms with Gasteiger partial charge in [-0.05, 0) is 42.0 Å². The molecule has 0 aliphatic carbocycles. The van der Waals surface area contributed by atoms with Crippen molar-refractivity contribution >= 4 is 23.8 Å². The van der Waals surface area contributed by atoms with E-state index in [9.17, 15) is 19.7 Å². The van der Waals surface area contributed by atoms with Gasteiger partial charge in [-0.3, -0.25) is 20.0 Å². The third kappa shape index (κ3) is 5.82. The van der Waals surface area contributed by atoms with E-state index >= 15 is 0 Å². The summed E-state index contributed by atoms with van der Waals surface area (Å²) in [6.45, 7) is 6.00. The fourth-order valence-corrected chi connectivity index (χ4v) is 2.77. The Hall–Kier alpha value is -4.54. The lowest BCUT2D eigenvalue weighted by atomic mass is 9.92. The summed E-state index contributed by atoms with van der Waals surface area (Å²) in [6.07, 6.45) is 1.40. The molecule has 0 atom stereocenters. The number of esters is 1. The van der Waals surface area contributed by atoms with Crippen LogP contribution in [0.3, 0.4) is 0 Å². The maximum absolute atomic E-state index is 12.4. The van der Waals surface area contributed by atoms with Crippen LogP contribution in [-0.4, -0.2) is 40.3 Å². The minimum atomic E-state index is -0.699. The summed E-state index contributed by atoms with van der Waals surface area (Å²) in [5.74, 6) is -0.759. The Morgan fingerprint density at radius 3 is 2.41 bits per heavy atom. The van der Waals surface area contributed by atoms with Crippen molar-refractivity contribution in [2.75, 3.05) is 7.11 Å². The normalized spacial score (nSPS) is 11.3. The van der Waals surface area contributed by atoms with Crippen molar-refractivity contribution in [1.29, 1.82) is 0 Å². The van der Waals surface area contributed by atoms with E-state index in [1.807, 2.05) is 20.8 Å². The highest BCUT2D eigenvalue weighted by atomic mass is 16.6. The molecule has 0 aliphatic heterocycles. The summed E-state index contributed by atoms with van der Waals surface area (Å²) in [4.78, 5) is 34.8. The second-order valence-electron chi connectivity index (χ2n) is 8.22. The number of rotatable bonds is 7. The zero-order chi connectivity index (χ0) is 24.9. The molecule has 1 amide bonds. The van der Waals surface area contributed by atoms with Gasteiger partial charge in [0.15, 0.2) is 17.2 Å². The summed E-state index contributed by atoms with van der Waals surface area (Å²) < 4.78 is 10.6. The molecule has 0 bridgehead atoms. The van der Waals surface area contributed by atoms with E-state index in [1.54, 1.807) is 18.2 Å². The van der Waals surface area contributed by atoms with E-state index in [-0.39, 0.29) is 33.9 Å². The maximum Gasteiger partial charge on any atom is 0.343 e. The topological polar surface area (TPSA) is 149 Å². The number of hydrazone groups is 1. The van der Waals surface area contributed by atoms with Gasteiger partial charge in [0.25, 0.3) is 11.6 Å². The number of nitro benzene ring substituents is 1. The number of nitro groups is 1. The number of carbonyl (C=O) groups excluding carboxylic acids is 2. The second kappa shape index (κ2) is 9.94.